The summed E-state index contributed by atoms with van der Waals surface area (Å²) < 4.78 is 0. The van der Waals surface area contributed by atoms with Gasteiger partial charge in [0.05, 0.1) is 0 Å². The molecule has 0 aromatic heterocycles. The Labute approximate surface area is 123 Å². The van der Waals surface area contributed by atoms with E-state index in [9.17, 15) is 9.59 Å². The van der Waals surface area contributed by atoms with Gasteiger partial charge in [-0.1, -0.05) is 0 Å². The number of hydrogen-bond acceptors (Lipinski definition) is 6. The lowest BCUT2D eigenvalue weighted by atomic mass is 10.2. The number of rotatable bonds is 9. The van der Waals surface area contributed by atoms with Crippen molar-refractivity contribution < 1.29 is 19.8 Å². The molecule has 0 radical (unpaired) electrons. The summed E-state index contributed by atoms with van der Waals surface area (Å²) in [6, 6.07) is -1.56. The molecule has 0 aromatic rings. The zero-order chi connectivity index (χ0) is 16.8. The van der Waals surface area contributed by atoms with Crippen LogP contribution in [0.3, 0.4) is 0 Å². The van der Waals surface area contributed by atoms with Crippen LogP contribution in [-0.4, -0.2) is 53.3 Å². The summed E-state index contributed by atoms with van der Waals surface area (Å²) in [6.45, 7) is 0.921. The second-order valence-corrected chi connectivity index (χ2v) is 4.27. The van der Waals surface area contributed by atoms with Gasteiger partial charge in [-0.15, -0.1) is 0 Å². The van der Waals surface area contributed by atoms with E-state index in [1.54, 1.807) is 0 Å². The number of aliphatic carboxylic acids is 2. The molecular weight excluding hydrogens is 280 g/mol. The molecule has 0 aliphatic rings. The molecule has 0 bridgehead atoms. The van der Waals surface area contributed by atoms with E-state index in [1.807, 2.05) is 0 Å². The molecule has 10 nitrogen and oxygen atoms in total. The number of hydrogen-bond donors (Lipinski definition) is 7. The number of nitrogens with zero attached hydrogens (tertiary/aromatic N) is 1. The highest BCUT2D eigenvalue weighted by Gasteiger charge is 2.09. The molecule has 21 heavy (non-hydrogen) atoms. The van der Waals surface area contributed by atoms with Crippen molar-refractivity contribution in [3.8, 4) is 0 Å². The Bertz CT molecular complexity index is 333. The first-order chi connectivity index (χ1) is 9.72. The Kier molecular flexibility index (Phi) is 13.3. The molecule has 1 unspecified atom stereocenters. The maximum absolute atomic E-state index is 10.2. The van der Waals surface area contributed by atoms with Crippen LogP contribution in [0.5, 0.6) is 0 Å². The second kappa shape index (κ2) is 13.1. The maximum atomic E-state index is 10.2. The minimum atomic E-state index is -1.00. The maximum Gasteiger partial charge on any atom is 0.320 e. The SMILES string of the molecule is NC(N)=NCCC[C@H](N)C(=O)O.NCCCC(N)C(=O)O. The van der Waals surface area contributed by atoms with E-state index in [2.05, 4.69) is 4.99 Å². The fourth-order valence-electron chi connectivity index (χ4n) is 1.10. The van der Waals surface area contributed by atoms with E-state index in [4.69, 9.17) is 38.9 Å². The number of nitrogens with two attached hydrogens (primary N) is 5. The van der Waals surface area contributed by atoms with Gasteiger partial charge < -0.3 is 38.9 Å². The number of carbonyl (C=O) groups is 2. The van der Waals surface area contributed by atoms with Crippen molar-refractivity contribution >= 4 is 17.9 Å². The van der Waals surface area contributed by atoms with Gasteiger partial charge in [0.2, 0.25) is 0 Å². The van der Waals surface area contributed by atoms with Crippen molar-refractivity contribution in [3.63, 3.8) is 0 Å². The molecule has 0 saturated carbocycles. The third-order valence-corrected chi connectivity index (χ3v) is 2.32. The van der Waals surface area contributed by atoms with Crippen LogP contribution in [0.25, 0.3) is 0 Å². The van der Waals surface area contributed by atoms with Crippen molar-refractivity contribution in [2.75, 3.05) is 13.1 Å². The quantitative estimate of drug-likeness (QED) is 0.137. The van der Waals surface area contributed by atoms with Crippen molar-refractivity contribution in [1.29, 1.82) is 0 Å². The first-order valence-corrected chi connectivity index (χ1v) is 6.44. The van der Waals surface area contributed by atoms with Crippen molar-refractivity contribution in [2.45, 2.75) is 37.8 Å². The molecule has 0 amide bonds. The van der Waals surface area contributed by atoms with Crippen LogP contribution >= 0.6 is 0 Å². The standard InChI is InChI=1S/C6H14N4O2.C5H12N2O2/c7-4(5(11)12)2-1-3-10-6(8)9;6-3-1-2-4(7)5(8)9/h4H,1-3,7H2,(H,11,12)(H4,8,9,10);4H,1-3,6-7H2,(H,8,9)/t4-;/m0./s1. The Balaban J connectivity index is 0. The summed E-state index contributed by atoms with van der Waals surface area (Å²) in [4.78, 5) is 23.9. The molecule has 2 atom stereocenters. The van der Waals surface area contributed by atoms with E-state index in [0.29, 0.717) is 38.8 Å². The van der Waals surface area contributed by atoms with Crippen LogP contribution in [0.15, 0.2) is 4.99 Å². The van der Waals surface area contributed by atoms with Crippen LogP contribution in [-0.2, 0) is 9.59 Å². The molecular formula is C11H26N6O4. The van der Waals surface area contributed by atoms with Gasteiger partial charge in [-0.3, -0.25) is 14.6 Å². The number of carboxylic acid groups (broad SMARTS) is 2. The van der Waals surface area contributed by atoms with Gasteiger partial charge in [0, 0.05) is 6.54 Å². The number of aliphatic imine (C=N–C) groups is 1. The summed E-state index contributed by atoms with van der Waals surface area (Å²) in [6.07, 6.45) is 2.09. The molecule has 0 aliphatic carbocycles. The van der Waals surface area contributed by atoms with E-state index < -0.39 is 24.0 Å². The third kappa shape index (κ3) is 16.0. The lowest BCUT2D eigenvalue weighted by Gasteiger charge is -2.03. The molecule has 0 rings (SSSR count). The van der Waals surface area contributed by atoms with Crippen LogP contribution in [0.2, 0.25) is 0 Å². The number of carboxylic acids is 2. The molecule has 0 aliphatic heterocycles. The lowest BCUT2D eigenvalue weighted by molar-refractivity contribution is -0.139. The molecule has 0 heterocycles. The molecule has 10 heteroatoms. The van der Waals surface area contributed by atoms with Gasteiger partial charge in [0.25, 0.3) is 0 Å². The second-order valence-electron chi connectivity index (χ2n) is 4.27. The first kappa shape index (κ1) is 21.4. The highest BCUT2D eigenvalue weighted by atomic mass is 16.4. The average Bonchev–Trinajstić information content (AvgIpc) is 2.40. The highest BCUT2D eigenvalue weighted by Crippen LogP contribution is 1.94. The monoisotopic (exact) mass is 306 g/mol. The van der Waals surface area contributed by atoms with Crippen LogP contribution in [0.4, 0.5) is 0 Å². The fraction of sp³-hybridized carbons (Fsp3) is 0.727. The minimum absolute atomic E-state index is 0.0129. The Morgan fingerprint density at radius 2 is 1.38 bits per heavy atom. The zero-order valence-corrected chi connectivity index (χ0v) is 11.9. The molecule has 0 saturated heterocycles. The molecule has 0 fully saturated rings. The van der Waals surface area contributed by atoms with Crippen molar-refractivity contribution in [1.82, 2.24) is 0 Å². The highest BCUT2D eigenvalue weighted by molar-refractivity contribution is 5.75. The summed E-state index contributed by atoms with van der Waals surface area (Å²) in [5.74, 6) is -1.94. The van der Waals surface area contributed by atoms with Gasteiger partial charge in [-0.2, -0.15) is 0 Å². The number of guanidine groups is 1. The summed E-state index contributed by atoms with van der Waals surface area (Å²) in [5, 5.41) is 16.6. The fourth-order valence-corrected chi connectivity index (χ4v) is 1.10. The summed E-state index contributed by atoms with van der Waals surface area (Å²) in [7, 11) is 0. The normalized spacial score (nSPS) is 12.5. The smallest absolute Gasteiger partial charge is 0.320 e. The molecule has 12 N–H and O–H groups in total. The van der Waals surface area contributed by atoms with Crippen molar-refractivity contribution in [3.05, 3.63) is 0 Å². The van der Waals surface area contributed by atoms with E-state index in [1.165, 1.54) is 0 Å². The van der Waals surface area contributed by atoms with E-state index in [-0.39, 0.29) is 5.96 Å². The van der Waals surface area contributed by atoms with Crippen LogP contribution in [0.1, 0.15) is 25.7 Å². The van der Waals surface area contributed by atoms with Gasteiger partial charge in [-0.25, -0.2) is 0 Å². The van der Waals surface area contributed by atoms with E-state index in [0.717, 1.165) is 0 Å². The average molecular weight is 306 g/mol. The molecule has 124 valence electrons. The van der Waals surface area contributed by atoms with Crippen LogP contribution < -0.4 is 28.7 Å². The Morgan fingerprint density at radius 1 is 0.952 bits per heavy atom. The van der Waals surface area contributed by atoms with Crippen LogP contribution in [0, 0.1) is 0 Å². The summed E-state index contributed by atoms with van der Waals surface area (Å²) in [5.41, 5.74) is 25.6. The predicted octanol–water partition coefficient (Wildman–Crippen LogP) is -2.41. The Hall–Kier alpha value is -1.91. The lowest BCUT2D eigenvalue weighted by Crippen LogP contribution is -2.30. The Morgan fingerprint density at radius 3 is 1.71 bits per heavy atom. The van der Waals surface area contributed by atoms with Gasteiger partial charge in [-0.05, 0) is 32.2 Å². The summed E-state index contributed by atoms with van der Waals surface area (Å²) >= 11 is 0. The van der Waals surface area contributed by atoms with Gasteiger partial charge in [0.1, 0.15) is 12.1 Å². The van der Waals surface area contributed by atoms with E-state index >= 15 is 0 Å². The van der Waals surface area contributed by atoms with Crippen molar-refractivity contribution in [2.24, 2.45) is 33.7 Å². The minimum Gasteiger partial charge on any atom is -0.480 e. The van der Waals surface area contributed by atoms with Gasteiger partial charge in [0.15, 0.2) is 5.96 Å². The molecule has 0 aromatic carbocycles. The topological polar surface area (TPSA) is 217 Å². The van der Waals surface area contributed by atoms with Gasteiger partial charge >= 0.3 is 11.9 Å². The molecule has 0 spiro atoms. The third-order valence-electron chi connectivity index (χ3n) is 2.32. The largest absolute Gasteiger partial charge is 0.480 e. The predicted molar refractivity (Wildman–Crippen MR) is 79.4 cm³/mol. The zero-order valence-electron chi connectivity index (χ0n) is 11.9. The first-order valence-electron chi connectivity index (χ1n) is 6.44.